The highest BCUT2D eigenvalue weighted by Crippen LogP contribution is 2.14. The molecule has 0 spiro atoms. The van der Waals surface area contributed by atoms with E-state index >= 15 is 0 Å². The number of imide groups is 2. The van der Waals surface area contributed by atoms with Crippen molar-refractivity contribution in [3.63, 3.8) is 0 Å². The molecule has 0 saturated carbocycles. The molecule has 2 heterocycles. The maximum Gasteiger partial charge on any atom is 0.338 e. The summed E-state index contributed by atoms with van der Waals surface area (Å²) >= 11 is 0. The summed E-state index contributed by atoms with van der Waals surface area (Å²) in [6.45, 7) is 4.12. The lowest BCUT2D eigenvalue weighted by molar-refractivity contribution is -0.901. The summed E-state index contributed by atoms with van der Waals surface area (Å²) in [6, 6.07) is 8.86. The van der Waals surface area contributed by atoms with Gasteiger partial charge in [-0.15, -0.1) is 0 Å². The molecule has 3 rings (SSSR count). The molecule has 2 aromatic rings. The van der Waals surface area contributed by atoms with Crippen LogP contribution in [0.25, 0.3) is 5.69 Å². The van der Waals surface area contributed by atoms with E-state index in [0.29, 0.717) is 6.54 Å². The molecule has 1 aliphatic heterocycles. The van der Waals surface area contributed by atoms with Crippen LogP contribution in [-0.4, -0.2) is 57.2 Å². The van der Waals surface area contributed by atoms with E-state index in [4.69, 9.17) is 0 Å². The van der Waals surface area contributed by atoms with Crippen LogP contribution in [0.15, 0.2) is 42.7 Å². The van der Waals surface area contributed by atoms with Crippen LogP contribution < -0.4 is 4.90 Å². The standard InChI is InChI=1S/C18H21N5O3/c1-13(2)23-17(25)16(24)21(18(23)26)12-20(3)10-14-9-19-22(11-14)15-7-5-4-6-8-15/h4-9,11,13H,10,12H2,1-3H3/p+1. The molecule has 0 aliphatic carbocycles. The molecule has 1 saturated heterocycles. The summed E-state index contributed by atoms with van der Waals surface area (Å²) in [5.74, 6) is -1.52. The largest absolute Gasteiger partial charge is 0.338 e. The van der Waals surface area contributed by atoms with Crippen molar-refractivity contribution in [2.24, 2.45) is 0 Å². The van der Waals surface area contributed by atoms with Crippen molar-refractivity contribution < 1.29 is 19.3 Å². The predicted molar refractivity (Wildman–Crippen MR) is 93.2 cm³/mol. The van der Waals surface area contributed by atoms with Gasteiger partial charge in [-0.1, -0.05) is 18.2 Å². The third-order valence-electron chi connectivity index (χ3n) is 4.19. The Labute approximate surface area is 151 Å². The lowest BCUT2D eigenvalue weighted by atomic mass is 10.3. The lowest BCUT2D eigenvalue weighted by Gasteiger charge is -2.20. The zero-order valence-corrected chi connectivity index (χ0v) is 15.0. The van der Waals surface area contributed by atoms with Gasteiger partial charge in [0.05, 0.1) is 18.9 Å². The molecule has 1 atom stereocenters. The maximum atomic E-state index is 12.3. The highest BCUT2D eigenvalue weighted by Gasteiger charge is 2.46. The van der Waals surface area contributed by atoms with Crippen molar-refractivity contribution >= 4 is 17.8 Å². The molecular weight excluding hydrogens is 334 g/mol. The van der Waals surface area contributed by atoms with Gasteiger partial charge in [0.15, 0.2) is 6.67 Å². The smallest absolute Gasteiger partial charge is 0.316 e. The van der Waals surface area contributed by atoms with Crippen LogP contribution in [-0.2, 0) is 16.1 Å². The summed E-state index contributed by atoms with van der Waals surface area (Å²) in [5.41, 5.74) is 1.93. The van der Waals surface area contributed by atoms with Crippen LogP contribution in [0.1, 0.15) is 19.4 Å². The minimum absolute atomic E-state index is 0.128. The lowest BCUT2D eigenvalue weighted by Crippen LogP contribution is -3.09. The van der Waals surface area contributed by atoms with E-state index in [9.17, 15) is 14.4 Å². The second kappa shape index (κ2) is 7.09. The van der Waals surface area contributed by atoms with E-state index in [0.717, 1.165) is 26.0 Å². The molecule has 8 nitrogen and oxygen atoms in total. The zero-order chi connectivity index (χ0) is 18.8. The molecule has 1 aromatic heterocycles. The van der Waals surface area contributed by atoms with Crippen molar-refractivity contribution in [2.75, 3.05) is 13.7 Å². The third kappa shape index (κ3) is 3.36. The fourth-order valence-electron chi connectivity index (χ4n) is 2.96. The topological polar surface area (TPSA) is 80.0 Å². The number of aromatic nitrogens is 2. The monoisotopic (exact) mass is 356 g/mol. The van der Waals surface area contributed by atoms with E-state index in [1.165, 1.54) is 0 Å². The Morgan fingerprint density at radius 2 is 1.77 bits per heavy atom. The van der Waals surface area contributed by atoms with Crippen LogP contribution in [0.4, 0.5) is 4.79 Å². The molecule has 4 amide bonds. The quantitative estimate of drug-likeness (QED) is 0.586. The average molecular weight is 356 g/mol. The maximum absolute atomic E-state index is 12.3. The number of quaternary nitrogens is 1. The average Bonchev–Trinajstić information content (AvgIpc) is 3.15. The van der Waals surface area contributed by atoms with Crippen molar-refractivity contribution in [1.29, 1.82) is 0 Å². The predicted octanol–water partition coefficient (Wildman–Crippen LogP) is 0.0437. The van der Waals surface area contributed by atoms with Gasteiger partial charge in [-0.25, -0.2) is 14.4 Å². The number of amides is 4. The number of benzene rings is 1. The Morgan fingerprint density at radius 3 is 2.38 bits per heavy atom. The fourth-order valence-corrected chi connectivity index (χ4v) is 2.96. The summed E-state index contributed by atoms with van der Waals surface area (Å²) in [6.07, 6.45) is 3.67. The van der Waals surface area contributed by atoms with Crippen molar-refractivity contribution in [1.82, 2.24) is 19.6 Å². The molecule has 0 bridgehead atoms. The molecule has 1 fully saturated rings. The summed E-state index contributed by atoms with van der Waals surface area (Å²) in [7, 11) is 1.86. The SMILES string of the molecule is CC(C)N1C(=O)C(=O)N(C[NH+](C)Cc2cnn(-c3ccccc3)c2)C1=O. The first-order valence-corrected chi connectivity index (χ1v) is 8.47. The Kier molecular flexibility index (Phi) is 4.85. The second-order valence-electron chi connectivity index (χ2n) is 6.71. The molecule has 1 aliphatic rings. The number of urea groups is 1. The van der Waals surface area contributed by atoms with Crippen LogP contribution in [0.2, 0.25) is 0 Å². The molecule has 1 N–H and O–H groups in total. The number of para-hydroxylation sites is 1. The van der Waals surface area contributed by atoms with Crippen LogP contribution in [0.3, 0.4) is 0 Å². The molecule has 136 valence electrons. The van der Waals surface area contributed by atoms with Gasteiger partial charge in [0.25, 0.3) is 0 Å². The number of hydrogen-bond acceptors (Lipinski definition) is 4. The van der Waals surface area contributed by atoms with Gasteiger partial charge >= 0.3 is 17.8 Å². The minimum atomic E-state index is -0.761. The Bertz CT molecular complexity index is 830. The first-order valence-electron chi connectivity index (χ1n) is 8.47. The number of carbonyl (C=O) groups excluding carboxylic acids is 3. The number of rotatable bonds is 6. The molecule has 8 heteroatoms. The second-order valence-corrected chi connectivity index (χ2v) is 6.71. The first-order chi connectivity index (χ1) is 12.4. The van der Waals surface area contributed by atoms with E-state index in [-0.39, 0.29) is 12.7 Å². The van der Waals surface area contributed by atoms with Gasteiger partial charge in [-0.3, -0.25) is 14.5 Å². The molecule has 1 aromatic carbocycles. The number of nitrogens with one attached hydrogen (secondary N) is 1. The fraction of sp³-hybridized carbons (Fsp3) is 0.333. The highest BCUT2D eigenvalue weighted by molar-refractivity contribution is 6.44. The number of nitrogens with zero attached hydrogens (tertiary/aromatic N) is 4. The van der Waals surface area contributed by atoms with E-state index in [1.54, 1.807) is 24.7 Å². The van der Waals surface area contributed by atoms with Crippen molar-refractivity contribution in [2.45, 2.75) is 26.4 Å². The van der Waals surface area contributed by atoms with Gasteiger partial charge in [0.2, 0.25) is 0 Å². The summed E-state index contributed by atoms with van der Waals surface area (Å²) in [5, 5.41) is 4.34. The van der Waals surface area contributed by atoms with Gasteiger partial charge in [-0.05, 0) is 26.0 Å². The molecule has 1 unspecified atom stereocenters. The minimum Gasteiger partial charge on any atom is -0.316 e. The molecular formula is C18H22N5O3+. The molecule has 0 radical (unpaired) electrons. The molecule has 26 heavy (non-hydrogen) atoms. The Balaban J connectivity index is 1.65. The Hall–Kier alpha value is -3.00. The van der Waals surface area contributed by atoms with Gasteiger partial charge < -0.3 is 4.90 Å². The van der Waals surface area contributed by atoms with Crippen LogP contribution >= 0.6 is 0 Å². The van der Waals surface area contributed by atoms with E-state index < -0.39 is 17.8 Å². The number of hydrogen-bond donors (Lipinski definition) is 1. The van der Waals surface area contributed by atoms with Crippen molar-refractivity contribution in [3.8, 4) is 5.69 Å². The van der Waals surface area contributed by atoms with Crippen molar-refractivity contribution in [3.05, 3.63) is 48.3 Å². The number of carbonyl (C=O) groups is 3. The highest BCUT2D eigenvalue weighted by atomic mass is 16.2. The normalized spacial score (nSPS) is 16.1. The van der Waals surface area contributed by atoms with Crippen LogP contribution in [0, 0.1) is 0 Å². The third-order valence-corrected chi connectivity index (χ3v) is 4.19. The summed E-state index contributed by atoms with van der Waals surface area (Å²) < 4.78 is 1.78. The zero-order valence-electron chi connectivity index (χ0n) is 15.0. The van der Waals surface area contributed by atoms with Gasteiger partial charge in [0.1, 0.15) is 6.54 Å². The first kappa shape index (κ1) is 17.8. The van der Waals surface area contributed by atoms with Gasteiger partial charge in [-0.2, -0.15) is 5.10 Å². The van der Waals surface area contributed by atoms with E-state index in [2.05, 4.69) is 5.10 Å². The Morgan fingerprint density at radius 1 is 1.08 bits per heavy atom. The van der Waals surface area contributed by atoms with Gasteiger partial charge in [0, 0.05) is 17.8 Å². The summed E-state index contributed by atoms with van der Waals surface area (Å²) in [4.78, 5) is 39.3. The van der Waals surface area contributed by atoms with Crippen LogP contribution in [0.5, 0.6) is 0 Å². The van der Waals surface area contributed by atoms with E-state index in [1.807, 2.05) is 43.6 Å².